The molecule has 1 amide bonds. The van der Waals surface area contributed by atoms with Gasteiger partial charge in [-0.15, -0.1) is 0 Å². The molecule has 5 rings (SSSR count). The molecule has 0 radical (unpaired) electrons. The van der Waals surface area contributed by atoms with Crippen molar-refractivity contribution in [2.75, 3.05) is 29.4 Å². The molecule has 35 heavy (non-hydrogen) atoms. The average molecular weight is 495 g/mol. The fourth-order valence-electron chi connectivity index (χ4n) is 4.89. The highest BCUT2D eigenvalue weighted by Gasteiger charge is 2.49. The van der Waals surface area contributed by atoms with Gasteiger partial charge in [0.25, 0.3) is 6.43 Å². The summed E-state index contributed by atoms with van der Waals surface area (Å²) in [7, 11) is 0. The fraction of sp³-hybridized carbons (Fsp3) is 0.500. The van der Waals surface area contributed by atoms with Crippen LogP contribution in [0.15, 0.2) is 24.5 Å². The summed E-state index contributed by atoms with van der Waals surface area (Å²) in [6.07, 6.45) is -3.02. The fourth-order valence-corrected chi connectivity index (χ4v) is 4.89. The summed E-state index contributed by atoms with van der Waals surface area (Å²) in [5.74, 6) is 0.135. The van der Waals surface area contributed by atoms with Crippen molar-refractivity contribution >= 4 is 28.7 Å². The number of fused-ring (bicyclic) bond motifs is 1. The summed E-state index contributed by atoms with van der Waals surface area (Å²) < 4.78 is 66.4. The third kappa shape index (κ3) is 4.16. The van der Waals surface area contributed by atoms with Gasteiger partial charge in [-0.25, -0.2) is 23.4 Å². The highest BCUT2D eigenvalue weighted by molar-refractivity contribution is 5.99. The molecule has 5 heterocycles. The van der Waals surface area contributed by atoms with Gasteiger partial charge in [-0.2, -0.15) is 23.3 Å². The lowest BCUT2D eigenvalue weighted by molar-refractivity contribution is -0.137. The summed E-state index contributed by atoms with van der Waals surface area (Å²) in [5.41, 5.74) is -0.652. The average Bonchev–Trinajstić information content (AvgIpc) is 3.30. The zero-order valence-electron chi connectivity index (χ0n) is 18.8. The van der Waals surface area contributed by atoms with Gasteiger partial charge in [-0.05, 0) is 38.3 Å². The van der Waals surface area contributed by atoms with Crippen molar-refractivity contribution in [1.29, 1.82) is 0 Å². The maximum Gasteiger partial charge on any atom is 0.416 e. The Kier molecular flexibility index (Phi) is 5.59. The van der Waals surface area contributed by atoms with E-state index in [1.807, 2.05) is 4.90 Å². The first-order valence-corrected chi connectivity index (χ1v) is 11.2. The van der Waals surface area contributed by atoms with E-state index >= 15 is 0 Å². The molecule has 2 fully saturated rings. The van der Waals surface area contributed by atoms with E-state index in [4.69, 9.17) is 0 Å². The van der Waals surface area contributed by atoms with Crippen LogP contribution in [-0.2, 0) is 17.5 Å². The van der Waals surface area contributed by atoms with Crippen LogP contribution in [-0.4, -0.2) is 56.7 Å². The number of halogens is 5. The van der Waals surface area contributed by atoms with Crippen LogP contribution in [0.1, 0.15) is 30.5 Å². The van der Waals surface area contributed by atoms with Gasteiger partial charge in [0.05, 0.1) is 22.1 Å². The van der Waals surface area contributed by atoms with Crippen molar-refractivity contribution in [3.05, 3.63) is 35.8 Å². The number of amides is 1. The van der Waals surface area contributed by atoms with Crippen LogP contribution in [0.25, 0.3) is 11.0 Å². The predicted octanol–water partition coefficient (Wildman–Crippen LogP) is 3.84. The number of hydrogen-bond donors (Lipinski definition) is 0. The summed E-state index contributed by atoms with van der Waals surface area (Å²) >= 11 is 0. The number of aromatic nitrogens is 5. The third-order valence-electron chi connectivity index (χ3n) is 6.84. The second kappa shape index (κ2) is 8.38. The van der Waals surface area contributed by atoms with Crippen molar-refractivity contribution in [2.45, 2.75) is 45.3 Å². The molecular weight excluding hydrogens is 473 g/mol. The number of carbonyl (C=O) groups is 1. The van der Waals surface area contributed by atoms with Crippen LogP contribution in [0.2, 0.25) is 0 Å². The first-order chi connectivity index (χ1) is 16.6. The van der Waals surface area contributed by atoms with Crippen LogP contribution in [0.3, 0.4) is 0 Å². The minimum Gasteiger partial charge on any atom is -0.341 e. The van der Waals surface area contributed by atoms with Crippen LogP contribution < -0.4 is 9.80 Å². The minimum absolute atomic E-state index is 0.000534. The quantitative estimate of drug-likeness (QED) is 0.512. The Balaban J connectivity index is 1.32. The third-order valence-corrected chi connectivity index (χ3v) is 6.84. The van der Waals surface area contributed by atoms with Crippen LogP contribution in [0.4, 0.5) is 33.7 Å². The molecule has 0 N–H and O–H groups in total. The summed E-state index contributed by atoms with van der Waals surface area (Å²) in [4.78, 5) is 29.3. The van der Waals surface area contributed by atoms with Crippen molar-refractivity contribution in [3.63, 3.8) is 0 Å². The number of alkyl halides is 5. The summed E-state index contributed by atoms with van der Waals surface area (Å²) in [6.45, 7) is 2.32. The Hall–Kier alpha value is -3.38. The van der Waals surface area contributed by atoms with Gasteiger partial charge in [-0.1, -0.05) is 0 Å². The van der Waals surface area contributed by atoms with E-state index in [1.165, 1.54) is 9.58 Å². The number of pyridine rings is 1. The summed E-state index contributed by atoms with van der Waals surface area (Å²) in [6, 6.07) is 1.78. The van der Waals surface area contributed by atoms with Crippen molar-refractivity contribution in [1.82, 2.24) is 24.7 Å². The maximum absolute atomic E-state index is 13.3. The van der Waals surface area contributed by atoms with E-state index in [2.05, 4.69) is 20.1 Å². The van der Waals surface area contributed by atoms with E-state index in [1.54, 1.807) is 13.1 Å². The number of rotatable bonds is 4. The van der Waals surface area contributed by atoms with E-state index < -0.39 is 30.1 Å². The van der Waals surface area contributed by atoms with Crippen molar-refractivity contribution in [3.8, 4) is 0 Å². The molecule has 0 aromatic carbocycles. The van der Waals surface area contributed by atoms with E-state index in [9.17, 15) is 26.7 Å². The van der Waals surface area contributed by atoms with Crippen molar-refractivity contribution in [2.24, 2.45) is 5.41 Å². The predicted molar refractivity (Wildman–Crippen MR) is 116 cm³/mol. The number of nitrogens with zero attached hydrogens (tertiary/aromatic N) is 7. The van der Waals surface area contributed by atoms with Crippen LogP contribution >= 0.6 is 0 Å². The normalized spacial score (nSPS) is 18.4. The molecule has 0 unspecified atom stereocenters. The molecule has 13 heteroatoms. The molecule has 2 saturated heterocycles. The highest BCUT2D eigenvalue weighted by Crippen LogP contribution is 2.44. The Bertz CT molecular complexity index is 1270. The second-order valence-corrected chi connectivity index (χ2v) is 8.94. The Morgan fingerprint density at radius 1 is 1.11 bits per heavy atom. The molecule has 3 aromatic rings. The number of carbonyl (C=O) groups excluding carboxylic acids is 1. The van der Waals surface area contributed by atoms with Gasteiger partial charge in [0.15, 0.2) is 5.65 Å². The monoisotopic (exact) mass is 495 g/mol. The lowest BCUT2D eigenvalue weighted by atomic mass is 9.77. The molecular formula is C22H22F5N7O. The smallest absolute Gasteiger partial charge is 0.341 e. The van der Waals surface area contributed by atoms with Gasteiger partial charge in [0.2, 0.25) is 11.9 Å². The molecule has 0 atom stereocenters. The number of anilines is 2. The molecule has 1 spiro atoms. The Morgan fingerprint density at radius 2 is 1.83 bits per heavy atom. The van der Waals surface area contributed by atoms with Gasteiger partial charge >= 0.3 is 6.18 Å². The van der Waals surface area contributed by atoms with Gasteiger partial charge in [0.1, 0.15) is 12.4 Å². The van der Waals surface area contributed by atoms with Gasteiger partial charge < -0.3 is 4.90 Å². The molecule has 0 aliphatic carbocycles. The number of piperidine rings is 1. The van der Waals surface area contributed by atoms with Crippen LogP contribution in [0, 0.1) is 12.3 Å². The molecule has 2 aliphatic heterocycles. The molecule has 186 valence electrons. The van der Waals surface area contributed by atoms with Crippen LogP contribution in [0.5, 0.6) is 0 Å². The maximum atomic E-state index is 13.3. The molecule has 3 aromatic heterocycles. The lowest BCUT2D eigenvalue weighted by Gasteiger charge is -2.37. The lowest BCUT2D eigenvalue weighted by Crippen LogP contribution is -2.45. The Labute approximate surface area is 196 Å². The zero-order chi connectivity index (χ0) is 25.0. The van der Waals surface area contributed by atoms with Gasteiger partial charge in [0, 0.05) is 32.0 Å². The topological polar surface area (TPSA) is 80.0 Å². The SMILES string of the molecule is Cc1nn(CC(F)F)c2nc(N3CCC4(CC3)CCN(c3cc(C(F)(F)F)ccn3)C4=O)ncc12. The molecule has 2 aliphatic rings. The number of hydrogen-bond acceptors (Lipinski definition) is 6. The first kappa shape index (κ1) is 23.4. The molecule has 0 bridgehead atoms. The highest BCUT2D eigenvalue weighted by atomic mass is 19.4. The Morgan fingerprint density at radius 3 is 2.51 bits per heavy atom. The molecule has 0 saturated carbocycles. The van der Waals surface area contributed by atoms with E-state index in [-0.39, 0.29) is 11.7 Å². The zero-order valence-corrected chi connectivity index (χ0v) is 18.8. The summed E-state index contributed by atoms with van der Waals surface area (Å²) in [5, 5.41) is 4.73. The number of aryl methyl sites for hydroxylation is 1. The molecule has 8 nitrogen and oxygen atoms in total. The minimum atomic E-state index is -4.52. The van der Waals surface area contributed by atoms with E-state index in [0.29, 0.717) is 61.6 Å². The standard InChI is InChI=1S/C22H22F5N7O/c1-13-15-11-29-20(30-18(15)34(31-13)12-16(23)24)32-7-3-21(4-8-32)5-9-33(19(21)35)17-10-14(2-6-28-17)22(25,26)27/h2,6,10-11,16H,3-5,7-9,12H2,1H3. The van der Waals surface area contributed by atoms with E-state index in [0.717, 1.165) is 18.3 Å². The second-order valence-electron chi connectivity index (χ2n) is 8.94. The largest absolute Gasteiger partial charge is 0.416 e. The van der Waals surface area contributed by atoms with Crippen molar-refractivity contribution < 1.29 is 26.7 Å². The van der Waals surface area contributed by atoms with Gasteiger partial charge in [-0.3, -0.25) is 9.69 Å². The first-order valence-electron chi connectivity index (χ1n) is 11.2.